The number of rotatable bonds is 5. The molecule has 0 saturated heterocycles. The number of benzene rings is 3. The van der Waals surface area contributed by atoms with Crippen LogP contribution in [0.5, 0.6) is 0 Å². The highest BCUT2D eigenvalue weighted by Crippen LogP contribution is 2.19. The maximum atomic E-state index is 13.7. The van der Waals surface area contributed by atoms with E-state index >= 15 is 0 Å². The Labute approximate surface area is 161 Å². The standard InChI is InChI=1S/C23H19FN2O2/c24-19-10-4-1-7-16(19)13-14-25-22(27)15-26-20-11-5-2-8-17(20)23(28)18-9-3-6-12-21(18)26/h1-12H,13-15H2,(H,25,27). The smallest absolute Gasteiger partial charge is 0.239 e. The van der Waals surface area contributed by atoms with Gasteiger partial charge in [0.2, 0.25) is 5.91 Å². The molecule has 28 heavy (non-hydrogen) atoms. The topological polar surface area (TPSA) is 51.1 Å². The average Bonchev–Trinajstić information content (AvgIpc) is 2.72. The molecule has 0 aliphatic heterocycles. The number of pyridine rings is 1. The number of para-hydroxylation sites is 2. The van der Waals surface area contributed by atoms with E-state index in [1.165, 1.54) is 6.07 Å². The summed E-state index contributed by atoms with van der Waals surface area (Å²) < 4.78 is 15.6. The fraction of sp³-hybridized carbons (Fsp3) is 0.130. The van der Waals surface area contributed by atoms with Crippen molar-refractivity contribution in [2.75, 3.05) is 6.54 Å². The van der Waals surface area contributed by atoms with E-state index in [1.54, 1.807) is 30.3 Å². The molecule has 0 bridgehead atoms. The second kappa shape index (κ2) is 7.64. The summed E-state index contributed by atoms with van der Waals surface area (Å²) in [5, 5.41) is 4.01. The molecule has 1 amide bonds. The van der Waals surface area contributed by atoms with Crippen molar-refractivity contribution in [3.63, 3.8) is 0 Å². The number of amides is 1. The van der Waals surface area contributed by atoms with Gasteiger partial charge in [0.05, 0.1) is 11.0 Å². The highest BCUT2D eigenvalue weighted by atomic mass is 19.1. The summed E-state index contributed by atoms with van der Waals surface area (Å²) in [6.07, 6.45) is 0.421. The van der Waals surface area contributed by atoms with Crippen molar-refractivity contribution in [3.8, 4) is 0 Å². The molecule has 4 nitrogen and oxygen atoms in total. The van der Waals surface area contributed by atoms with Gasteiger partial charge in [-0.25, -0.2) is 4.39 Å². The summed E-state index contributed by atoms with van der Waals surface area (Å²) in [6, 6.07) is 21.1. The third kappa shape index (κ3) is 3.39. The molecule has 140 valence electrons. The number of carbonyl (C=O) groups excluding carboxylic acids is 1. The lowest BCUT2D eigenvalue weighted by Crippen LogP contribution is -2.30. The Morgan fingerprint density at radius 3 is 2.07 bits per heavy atom. The fourth-order valence-corrected chi connectivity index (χ4v) is 3.48. The molecule has 0 unspecified atom stereocenters. The van der Waals surface area contributed by atoms with Gasteiger partial charge in [0.15, 0.2) is 5.43 Å². The number of halogens is 1. The van der Waals surface area contributed by atoms with E-state index in [1.807, 2.05) is 41.0 Å². The average molecular weight is 374 g/mol. The van der Waals surface area contributed by atoms with Crippen molar-refractivity contribution in [2.24, 2.45) is 0 Å². The molecule has 4 rings (SSSR count). The van der Waals surface area contributed by atoms with Crippen LogP contribution >= 0.6 is 0 Å². The van der Waals surface area contributed by atoms with Gasteiger partial charge in [-0.3, -0.25) is 9.59 Å². The van der Waals surface area contributed by atoms with Crippen molar-refractivity contribution in [1.82, 2.24) is 9.88 Å². The first-order chi connectivity index (χ1) is 13.6. The van der Waals surface area contributed by atoms with E-state index in [9.17, 15) is 14.0 Å². The van der Waals surface area contributed by atoms with Crippen LogP contribution in [0.25, 0.3) is 21.8 Å². The highest BCUT2D eigenvalue weighted by molar-refractivity contribution is 5.94. The van der Waals surface area contributed by atoms with Crippen molar-refractivity contribution in [1.29, 1.82) is 0 Å². The molecule has 4 aromatic rings. The molecule has 0 spiro atoms. The number of nitrogens with one attached hydrogen (secondary N) is 1. The molecule has 5 heteroatoms. The summed E-state index contributed by atoms with van der Waals surface area (Å²) in [4.78, 5) is 25.3. The first-order valence-electron chi connectivity index (χ1n) is 9.15. The molecular formula is C23H19FN2O2. The van der Waals surface area contributed by atoms with Gasteiger partial charge >= 0.3 is 0 Å². The SMILES string of the molecule is O=C(Cn1c2ccccc2c(=O)c2ccccc21)NCCc1ccccc1F. The van der Waals surface area contributed by atoms with Crippen LogP contribution in [0.15, 0.2) is 77.6 Å². The van der Waals surface area contributed by atoms with E-state index in [0.717, 1.165) is 11.0 Å². The Kier molecular flexibility index (Phi) is 4.89. The number of nitrogens with zero attached hydrogens (tertiary/aromatic N) is 1. The highest BCUT2D eigenvalue weighted by Gasteiger charge is 2.12. The minimum Gasteiger partial charge on any atom is -0.354 e. The number of aromatic nitrogens is 1. The van der Waals surface area contributed by atoms with Gasteiger partial charge in [0, 0.05) is 17.3 Å². The fourth-order valence-electron chi connectivity index (χ4n) is 3.48. The van der Waals surface area contributed by atoms with Crippen LogP contribution in [0.3, 0.4) is 0 Å². The number of fused-ring (bicyclic) bond motifs is 2. The molecule has 0 atom stereocenters. The molecule has 1 aromatic heterocycles. The summed E-state index contributed by atoms with van der Waals surface area (Å²) in [5.74, 6) is -0.454. The first-order valence-corrected chi connectivity index (χ1v) is 9.15. The largest absolute Gasteiger partial charge is 0.354 e. The van der Waals surface area contributed by atoms with Crippen molar-refractivity contribution >= 4 is 27.7 Å². The van der Waals surface area contributed by atoms with Gasteiger partial charge in [-0.2, -0.15) is 0 Å². The second-order valence-corrected chi connectivity index (χ2v) is 6.64. The number of carbonyl (C=O) groups is 1. The zero-order valence-electron chi connectivity index (χ0n) is 15.2. The summed E-state index contributed by atoms with van der Waals surface area (Å²) in [6.45, 7) is 0.425. The van der Waals surface area contributed by atoms with E-state index in [0.29, 0.717) is 29.3 Å². The van der Waals surface area contributed by atoms with E-state index in [4.69, 9.17) is 0 Å². The minimum atomic E-state index is -0.269. The van der Waals surface area contributed by atoms with Crippen molar-refractivity contribution in [3.05, 3.63) is 94.4 Å². The molecule has 0 radical (unpaired) electrons. The van der Waals surface area contributed by atoms with Crippen molar-refractivity contribution < 1.29 is 9.18 Å². The Bertz CT molecular complexity index is 1170. The molecule has 0 fully saturated rings. The molecular weight excluding hydrogens is 355 g/mol. The predicted octanol–water partition coefficient (Wildman–Crippen LogP) is 3.65. The zero-order valence-corrected chi connectivity index (χ0v) is 15.2. The third-order valence-corrected chi connectivity index (χ3v) is 4.86. The molecule has 0 saturated carbocycles. The Balaban J connectivity index is 1.60. The van der Waals surface area contributed by atoms with Crippen LogP contribution < -0.4 is 10.7 Å². The zero-order chi connectivity index (χ0) is 19.5. The number of hydrogen-bond acceptors (Lipinski definition) is 2. The van der Waals surface area contributed by atoms with Crippen LogP contribution in [0.2, 0.25) is 0 Å². The maximum Gasteiger partial charge on any atom is 0.239 e. The Morgan fingerprint density at radius 1 is 0.857 bits per heavy atom. The monoisotopic (exact) mass is 374 g/mol. The predicted molar refractivity (Wildman–Crippen MR) is 109 cm³/mol. The lowest BCUT2D eigenvalue weighted by atomic mass is 10.1. The maximum absolute atomic E-state index is 13.7. The summed E-state index contributed by atoms with van der Waals surface area (Å²) >= 11 is 0. The van der Waals surface area contributed by atoms with Gasteiger partial charge in [0.1, 0.15) is 12.4 Å². The molecule has 3 aromatic carbocycles. The summed E-state index contributed by atoms with van der Waals surface area (Å²) in [5.41, 5.74) is 1.97. The normalized spacial score (nSPS) is 11.0. The quantitative estimate of drug-likeness (QED) is 0.542. The minimum absolute atomic E-state index is 0.0394. The van der Waals surface area contributed by atoms with E-state index in [-0.39, 0.29) is 23.7 Å². The van der Waals surface area contributed by atoms with E-state index in [2.05, 4.69) is 5.32 Å². The lowest BCUT2D eigenvalue weighted by Gasteiger charge is -2.15. The lowest BCUT2D eigenvalue weighted by molar-refractivity contribution is -0.121. The van der Waals surface area contributed by atoms with Gasteiger partial charge in [-0.05, 0) is 42.3 Å². The Morgan fingerprint density at radius 2 is 1.43 bits per heavy atom. The van der Waals surface area contributed by atoms with Gasteiger partial charge in [-0.15, -0.1) is 0 Å². The van der Waals surface area contributed by atoms with Crippen LogP contribution in [0, 0.1) is 5.82 Å². The Hall–Kier alpha value is -3.47. The third-order valence-electron chi connectivity index (χ3n) is 4.86. The molecule has 1 heterocycles. The molecule has 0 aliphatic rings. The van der Waals surface area contributed by atoms with Crippen LogP contribution in [-0.2, 0) is 17.8 Å². The second-order valence-electron chi connectivity index (χ2n) is 6.64. The van der Waals surface area contributed by atoms with Crippen LogP contribution in [-0.4, -0.2) is 17.0 Å². The van der Waals surface area contributed by atoms with Crippen LogP contribution in [0.4, 0.5) is 4.39 Å². The summed E-state index contributed by atoms with van der Waals surface area (Å²) in [7, 11) is 0. The number of hydrogen-bond donors (Lipinski definition) is 1. The van der Waals surface area contributed by atoms with E-state index < -0.39 is 0 Å². The van der Waals surface area contributed by atoms with Gasteiger partial charge in [0.25, 0.3) is 0 Å². The van der Waals surface area contributed by atoms with Crippen molar-refractivity contribution in [2.45, 2.75) is 13.0 Å². The van der Waals surface area contributed by atoms with Gasteiger partial charge in [-0.1, -0.05) is 42.5 Å². The molecule has 0 aliphatic carbocycles. The molecule has 1 N–H and O–H groups in total. The van der Waals surface area contributed by atoms with Crippen LogP contribution in [0.1, 0.15) is 5.56 Å². The van der Waals surface area contributed by atoms with Gasteiger partial charge < -0.3 is 9.88 Å². The first kappa shape index (κ1) is 17.9.